The van der Waals surface area contributed by atoms with Crippen LogP contribution in [-0.4, -0.2) is 39.7 Å². The van der Waals surface area contributed by atoms with Gasteiger partial charge in [-0.1, -0.05) is 23.7 Å². The molecule has 1 N–H and O–H groups in total. The topological polar surface area (TPSA) is 75.7 Å². The Morgan fingerprint density at radius 2 is 1.78 bits per heavy atom. The molecule has 0 fully saturated rings. The number of amides is 1. The van der Waals surface area contributed by atoms with Crippen LogP contribution in [0.15, 0.2) is 47.4 Å². The highest BCUT2D eigenvalue weighted by molar-refractivity contribution is 7.92. The summed E-state index contributed by atoms with van der Waals surface area (Å²) in [6.07, 6.45) is -5.08. The molecule has 0 spiro atoms. The third-order valence-electron chi connectivity index (χ3n) is 3.23. The van der Waals surface area contributed by atoms with E-state index < -0.39 is 32.9 Å². The molecule has 2 aromatic rings. The Kier molecular flexibility index (Phi) is 5.91. The third kappa shape index (κ3) is 5.27. The minimum Gasteiger partial charge on any atom is -0.404 e. The maximum atomic E-state index is 12.6. The molecule has 0 atom stereocenters. The van der Waals surface area contributed by atoms with Crippen LogP contribution in [0.25, 0.3) is 0 Å². The van der Waals surface area contributed by atoms with Crippen LogP contribution in [0.4, 0.5) is 18.9 Å². The second-order valence-corrected chi connectivity index (χ2v) is 7.58. The van der Waals surface area contributed by atoms with Gasteiger partial charge in [-0.2, -0.15) is 0 Å². The second kappa shape index (κ2) is 7.65. The van der Waals surface area contributed by atoms with Crippen molar-refractivity contribution in [1.29, 1.82) is 0 Å². The lowest BCUT2D eigenvalue weighted by atomic mass is 10.1. The number of sulfonamides is 1. The monoisotopic (exact) mass is 422 g/mol. The van der Waals surface area contributed by atoms with E-state index >= 15 is 0 Å². The van der Waals surface area contributed by atoms with Crippen molar-refractivity contribution in [1.82, 2.24) is 4.90 Å². The third-order valence-corrected chi connectivity index (χ3v) is 4.87. The van der Waals surface area contributed by atoms with E-state index in [1.54, 1.807) is 0 Å². The van der Waals surface area contributed by atoms with E-state index in [-0.39, 0.29) is 16.3 Å². The van der Waals surface area contributed by atoms with Crippen LogP contribution in [-0.2, 0) is 10.0 Å². The number of carbonyl (C=O) groups is 1. The molecule has 2 aromatic carbocycles. The number of ether oxygens (including phenoxy) is 1. The van der Waals surface area contributed by atoms with Crippen LogP contribution in [0.3, 0.4) is 0 Å². The molecule has 6 nitrogen and oxygen atoms in total. The zero-order chi connectivity index (χ0) is 20.4. The van der Waals surface area contributed by atoms with Crippen LogP contribution in [0, 0.1) is 0 Å². The van der Waals surface area contributed by atoms with E-state index in [2.05, 4.69) is 9.46 Å². The van der Waals surface area contributed by atoms with Crippen LogP contribution in [0.1, 0.15) is 10.4 Å². The summed E-state index contributed by atoms with van der Waals surface area (Å²) in [6, 6.07) is 8.12. The number of hydrogen-bond donors (Lipinski definition) is 1. The predicted molar refractivity (Wildman–Crippen MR) is 93.4 cm³/mol. The SMILES string of the molecule is CN(C)C(=O)c1ccc(Cl)cc1NS(=O)(=O)c1ccccc1OC(F)(F)F. The average molecular weight is 423 g/mol. The zero-order valence-corrected chi connectivity index (χ0v) is 15.6. The first kappa shape index (κ1) is 20.8. The molecule has 0 saturated heterocycles. The van der Waals surface area contributed by atoms with Crippen molar-refractivity contribution in [2.45, 2.75) is 11.3 Å². The standard InChI is InChI=1S/C16H14ClF3N2O4S/c1-22(2)15(23)11-8-7-10(17)9-12(11)21-27(24,25)14-6-4-3-5-13(14)26-16(18,19)20/h3-9,21H,1-2H3. The molecule has 0 aliphatic heterocycles. The number of para-hydroxylation sites is 1. The second-order valence-electron chi connectivity index (χ2n) is 5.49. The van der Waals surface area contributed by atoms with Gasteiger partial charge in [0.15, 0.2) is 0 Å². The number of carbonyl (C=O) groups excluding carboxylic acids is 1. The van der Waals surface area contributed by atoms with Gasteiger partial charge in [0.25, 0.3) is 15.9 Å². The van der Waals surface area contributed by atoms with Crippen molar-refractivity contribution in [3.8, 4) is 5.75 Å². The van der Waals surface area contributed by atoms with Gasteiger partial charge in [0, 0.05) is 19.1 Å². The molecule has 0 heterocycles. The van der Waals surface area contributed by atoms with Crippen LogP contribution in [0.5, 0.6) is 5.75 Å². The summed E-state index contributed by atoms with van der Waals surface area (Å²) in [4.78, 5) is 12.7. The van der Waals surface area contributed by atoms with Gasteiger partial charge in [0.05, 0.1) is 11.3 Å². The number of anilines is 1. The lowest BCUT2D eigenvalue weighted by Gasteiger charge is -2.17. The molecule has 146 valence electrons. The summed E-state index contributed by atoms with van der Waals surface area (Å²) in [5.41, 5.74) is -0.204. The fourth-order valence-corrected chi connectivity index (χ4v) is 3.48. The van der Waals surface area contributed by atoms with E-state index in [0.29, 0.717) is 0 Å². The summed E-state index contributed by atoms with van der Waals surface area (Å²) in [5.74, 6) is -1.43. The van der Waals surface area contributed by atoms with Crippen molar-refractivity contribution in [3.05, 3.63) is 53.1 Å². The van der Waals surface area contributed by atoms with Gasteiger partial charge in [0.2, 0.25) is 0 Å². The highest BCUT2D eigenvalue weighted by atomic mass is 35.5. The van der Waals surface area contributed by atoms with Crippen molar-refractivity contribution >= 4 is 33.2 Å². The van der Waals surface area contributed by atoms with Gasteiger partial charge in [-0.25, -0.2) is 8.42 Å². The van der Waals surface area contributed by atoms with Crippen LogP contribution >= 0.6 is 11.6 Å². The fraction of sp³-hybridized carbons (Fsp3) is 0.188. The quantitative estimate of drug-likeness (QED) is 0.796. The molecule has 11 heteroatoms. The molecule has 2 rings (SSSR count). The van der Waals surface area contributed by atoms with Crippen LogP contribution < -0.4 is 9.46 Å². The van der Waals surface area contributed by atoms with E-state index in [1.807, 2.05) is 0 Å². The first-order valence-corrected chi connectivity index (χ1v) is 9.15. The molecule has 0 aliphatic carbocycles. The number of benzene rings is 2. The number of halogens is 4. The van der Waals surface area contributed by atoms with Gasteiger partial charge in [-0.3, -0.25) is 9.52 Å². The van der Waals surface area contributed by atoms with E-state index in [0.717, 1.165) is 12.1 Å². The Balaban J connectivity index is 2.50. The summed E-state index contributed by atoms with van der Waals surface area (Å²) < 4.78 is 68.8. The molecule has 0 radical (unpaired) electrons. The molecule has 27 heavy (non-hydrogen) atoms. The highest BCUT2D eigenvalue weighted by Gasteiger charge is 2.34. The Labute approximate surface area is 158 Å². The maximum Gasteiger partial charge on any atom is 0.573 e. The Morgan fingerprint density at radius 3 is 2.37 bits per heavy atom. The number of rotatable bonds is 5. The van der Waals surface area contributed by atoms with Gasteiger partial charge in [-0.15, -0.1) is 13.2 Å². The minimum atomic E-state index is -5.08. The van der Waals surface area contributed by atoms with Gasteiger partial charge < -0.3 is 9.64 Å². The average Bonchev–Trinajstić information content (AvgIpc) is 2.52. The molecule has 0 unspecified atom stereocenters. The summed E-state index contributed by atoms with van der Waals surface area (Å²) >= 11 is 5.86. The van der Waals surface area contributed by atoms with Gasteiger partial charge in [0.1, 0.15) is 10.6 Å². The van der Waals surface area contributed by atoms with E-state index in [9.17, 15) is 26.4 Å². The lowest BCUT2D eigenvalue weighted by Crippen LogP contribution is -2.25. The van der Waals surface area contributed by atoms with Crippen molar-refractivity contribution in [3.63, 3.8) is 0 Å². The summed E-state index contributed by atoms with van der Waals surface area (Å²) in [7, 11) is -1.60. The molecule has 0 saturated carbocycles. The van der Waals surface area contributed by atoms with Crippen LogP contribution in [0.2, 0.25) is 5.02 Å². The van der Waals surface area contributed by atoms with E-state index in [4.69, 9.17) is 11.6 Å². The first-order chi connectivity index (χ1) is 12.4. The summed E-state index contributed by atoms with van der Waals surface area (Å²) in [6.45, 7) is 0. The largest absolute Gasteiger partial charge is 0.573 e. The summed E-state index contributed by atoms with van der Waals surface area (Å²) in [5, 5.41) is 0.128. The van der Waals surface area contributed by atoms with Crippen molar-refractivity contribution < 1.29 is 31.1 Å². The first-order valence-electron chi connectivity index (χ1n) is 7.29. The number of nitrogens with one attached hydrogen (secondary N) is 1. The Bertz CT molecular complexity index is 962. The highest BCUT2D eigenvalue weighted by Crippen LogP contribution is 2.32. The molecule has 1 amide bonds. The maximum absolute atomic E-state index is 12.6. The smallest absolute Gasteiger partial charge is 0.404 e. The number of hydrogen-bond acceptors (Lipinski definition) is 4. The fourth-order valence-electron chi connectivity index (χ4n) is 2.11. The normalized spacial score (nSPS) is 11.8. The van der Waals surface area contributed by atoms with E-state index in [1.165, 1.54) is 49.3 Å². The molecular formula is C16H14ClF3N2O4S. The lowest BCUT2D eigenvalue weighted by molar-refractivity contribution is -0.275. The molecule has 0 bridgehead atoms. The predicted octanol–water partition coefficient (Wildman–Crippen LogP) is 3.74. The zero-order valence-electron chi connectivity index (χ0n) is 14.0. The number of nitrogens with zero attached hydrogens (tertiary/aromatic N) is 1. The molecule has 0 aliphatic rings. The Hall–Kier alpha value is -2.46. The van der Waals surface area contributed by atoms with Crippen molar-refractivity contribution in [2.24, 2.45) is 0 Å². The van der Waals surface area contributed by atoms with Gasteiger partial charge >= 0.3 is 6.36 Å². The van der Waals surface area contributed by atoms with Crippen molar-refractivity contribution in [2.75, 3.05) is 18.8 Å². The molecule has 0 aromatic heterocycles. The Morgan fingerprint density at radius 1 is 1.15 bits per heavy atom. The number of alkyl halides is 3. The molecular weight excluding hydrogens is 409 g/mol. The van der Waals surface area contributed by atoms with Gasteiger partial charge in [-0.05, 0) is 30.3 Å². The minimum absolute atomic E-state index is 0.0257.